The molecule has 5 heteroatoms. The maximum Gasteiger partial charge on any atom is 0.148 e. The molecule has 0 saturated heterocycles. The summed E-state index contributed by atoms with van der Waals surface area (Å²) in [7, 11) is 0. The molecule has 2 aliphatic rings. The molecule has 2 aromatic rings. The van der Waals surface area contributed by atoms with Crippen molar-refractivity contribution in [2.24, 2.45) is 5.73 Å². The Labute approximate surface area is 141 Å². The van der Waals surface area contributed by atoms with Gasteiger partial charge in [-0.15, -0.1) is 0 Å². The molecule has 1 aromatic carbocycles. The molecule has 2 heterocycles. The minimum absolute atomic E-state index is 0.0704. The Morgan fingerprint density at radius 3 is 2.79 bits per heavy atom. The van der Waals surface area contributed by atoms with Gasteiger partial charge < -0.3 is 15.0 Å². The number of nitrogens with two attached hydrogens (primary N) is 1. The smallest absolute Gasteiger partial charge is 0.148 e. The third-order valence-electron chi connectivity index (χ3n) is 5.14. The average molecular weight is 329 g/mol. The molecule has 1 fully saturated rings. The predicted molar refractivity (Wildman–Crippen MR) is 91.2 cm³/mol. The van der Waals surface area contributed by atoms with Crippen LogP contribution in [0, 0.1) is 0 Å². The largest absolute Gasteiger partial charge is 0.485 e. The highest BCUT2D eigenvalue weighted by Crippen LogP contribution is 2.50. The van der Waals surface area contributed by atoms with Crippen LogP contribution < -0.4 is 10.5 Å². The molecule has 0 amide bonds. The number of ether oxygens (including phenoxy) is 1. The minimum Gasteiger partial charge on any atom is -0.485 e. The maximum atomic E-state index is 14.2. The van der Waals surface area contributed by atoms with Crippen LogP contribution in [0.2, 0.25) is 0 Å². The van der Waals surface area contributed by atoms with E-state index < -0.39 is 5.67 Å². The maximum absolute atomic E-state index is 14.2. The van der Waals surface area contributed by atoms with Crippen LogP contribution in [0.15, 0.2) is 30.9 Å². The monoisotopic (exact) mass is 329 g/mol. The van der Waals surface area contributed by atoms with E-state index in [9.17, 15) is 4.39 Å². The summed E-state index contributed by atoms with van der Waals surface area (Å²) in [6, 6.07) is 3.96. The van der Waals surface area contributed by atoms with Crippen LogP contribution >= 0.6 is 0 Å². The number of hydrogen-bond donors (Lipinski definition) is 1. The Kier molecular flexibility index (Phi) is 3.46. The fourth-order valence-electron chi connectivity index (χ4n) is 3.91. The van der Waals surface area contributed by atoms with Crippen molar-refractivity contribution in [2.75, 3.05) is 0 Å². The average Bonchev–Trinajstić information content (AvgIpc) is 2.98. The van der Waals surface area contributed by atoms with Crippen LogP contribution in [0.1, 0.15) is 56.7 Å². The van der Waals surface area contributed by atoms with Crippen molar-refractivity contribution >= 4 is 0 Å². The molecule has 0 unspecified atom stereocenters. The fraction of sp³-hybridized carbons (Fsp3) is 0.526. The number of hydrogen-bond acceptors (Lipinski definition) is 3. The first-order chi connectivity index (χ1) is 11.4. The SMILES string of the molecule is CC(C)(F)Cc1cc2c(c(-n3ccnc3)c1)OC1(CCC1)C[C@@H]2N. The van der Waals surface area contributed by atoms with E-state index in [4.69, 9.17) is 10.5 Å². The summed E-state index contributed by atoms with van der Waals surface area (Å²) in [5, 5.41) is 0. The van der Waals surface area contributed by atoms with Gasteiger partial charge in [0.05, 0.1) is 12.0 Å². The second kappa shape index (κ2) is 5.31. The molecule has 2 N–H and O–H groups in total. The van der Waals surface area contributed by atoms with Crippen molar-refractivity contribution in [3.63, 3.8) is 0 Å². The Morgan fingerprint density at radius 2 is 2.21 bits per heavy atom. The van der Waals surface area contributed by atoms with E-state index >= 15 is 0 Å². The standard InChI is InChI=1S/C19H24FN3O/c1-18(2,20)10-13-8-14-15(21)11-19(4-3-5-19)24-17(14)16(9-13)23-7-6-22-12-23/h6-9,12,15H,3-5,10-11,21H2,1-2H3/t15-/m0/s1. The second-order valence-corrected chi connectivity index (χ2v) is 7.85. The zero-order chi connectivity index (χ0) is 16.9. The molecule has 4 nitrogen and oxygen atoms in total. The predicted octanol–water partition coefficient (Wildman–Crippen LogP) is 3.87. The molecule has 24 heavy (non-hydrogen) atoms. The van der Waals surface area contributed by atoms with Gasteiger partial charge in [0.25, 0.3) is 0 Å². The molecule has 1 atom stereocenters. The van der Waals surface area contributed by atoms with Gasteiger partial charge in [0.1, 0.15) is 17.0 Å². The second-order valence-electron chi connectivity index (χ2n) is 7.85. The van der Waals surface area contributed by atoms with Crippen LogP contribution in [0.3, 0.4) is 0 Å². The first kappa shape index (κ1) is 15.6. The summed E-state index contributed by atoms with van der Waals surface area (Å²) in [5.41, 5.74) is 7.94. The lowest BCUT2D eigenvalue weighted by atomic mass is 9.73. The highest BCUT2D eigenvalue weighted by Gasteiger charge is 2.45. The number of alkyl halides is 1. The summed E-state index contributed by atoms with van der Waals surface area (Å²) in [6.45, 7) is 3.20. The zero-order valence-corrected chi connectivity index (χ0v) is 14.3. The number of halogens is 1. The fourth-order valence-corrected chi connectivity index (χ4v) is 3.91. The number of imidazole rings is 1. The summed E-state index contributed by atoms with van der Waals surface area (Å²) < 4.78 is 22.6. The molecule has 1 aliphatic heterocycles. The van der Waals surface area contributed by atoms with E-state index in [0.29, 0.717) is 6.42 Å². The van der Waals surface area contributed by atoms with E-state index in [1.165, 1.54) is 6.42 Å². The summed E-state index contributed by atoms with van der Waals surface area (Å²) in [6.07, 6.45) is 9.86. The van der Waals surface area contributed by atoms with Crippen molar-refractivity contribution in [1.82, 2.24) is 9.55 Å². The number of benzene rings is 1. The summed E-state index contributed by atoms with van der Waals surface area (Å²) in [5.74, 6) is 0.840. The van der Waals surface area contributed by atoms with Gasteiger partial charge in [0.15, 0.2) is 0 Å². The van der Waals surface area contributed by atoms with Crippen LogP contribution in [-0.2, 0) is 6.42 Å². The van der Waals surface area contributed by atoms with Crippen LogP contribution in [0.25, 0.3) is 5.69 Å². The Morgan fingerprint density at radius 1 is 1.42 bits per heavy atom. The van der Waals surface area contributed by atoms with E-state index in [1.807, 2.05) is 22.9 Å². The first-order valence-corrected chi connectivity index (χ1v) is 8.64. The van der Waals surface area contributed by atoms with Gasteiger partial charge >= 0.3 is 0 Å². The van der Waals surface area contributed by atoms with E-state index in [2.05, 4.69) is 4.98 Å². The van der Waals surface area contributed by atoms with E-state index in [1.54, 1.807) is 26.4 Å². The minimum atomic E-state index is -1.27. The van der Waals surface area contributed by atoms with Crippen molar-refractivity contribution in [2.45, 2.75) is 63.3 Å². The molecule has 1 saturated carbocycles. The quantitative estimate of drug-likeness (QED) is 0.930. The lowest BCUT2D eigenvalue weighted by Crippen LogP contribution is -2.48. The molecule has 0 bridgehead atoms. The van der Waals surface area contributed by atoms with E-state index in [-0.39, 0.29) is 11.6 Å². The van der Waals surface area contributed by atoms with E-state index in [0.717, 1.165) is 41.8 Å². The van der Waals surface area contributed by atoms with Crippen molar-refractivity contribution in [3.8, 4) is 11.4 Å². The Hall–Kier alpha value is -1.88. The van der Waals surface area contributed by atoms with Crippen molar-refractivity contribution in [1.29, 1.82) is 0 Å². The summed E-state index contributed by atoms with van der Waals surface area (Å²) >= 11 is 0. The topological polar surface area (TPSA) is 53.1 Å². The number of aromatic nitrogens is 2. The highest BCUT2D eigenvalue weighted by molar-refractivity contribution is 5.57. The van der Waals surface area contributed by atoms with Gasteiger partial charge in [-0.2, -0.15) is 0 Å². The molecule has 4 rings (SSSR count). The molecular weight excluding hydrogens is 305 g/mol. The third kappa shape index (κ3) is 2.71. The molecule has 0 radical (unpaired) electrons. The molecule has 1 aliphatic carbocycles. The van der Waals surface area contributed by atoms with Crippen molar-refractivity contribution in [3.05, 3.63) is 42.0 Å². The molecule has 1 aromatic heterocycles. The van der Waals surface area contributed by atoms with Gasteiger partial charge in [-0.05, 0) is 44.7 Å². The zero-order valence-electron chi connectivity index (χ0n) is 14.3. The highest BCUT2D eigenvalue weighted by atomic mass is 19.1. The summed E-state index contributed by atoms with van der Waals surface area (Å²) in [4.78, 5) is 4.14. The van der Waals surface area contributed by atoms with Crippen LogP contribution in [-0.4, -0.2) is 20.8 Å². The van der Waals surface area contributed by atoms with Crippen LogP contribution in [0.4, 0.5) is 4.39 Å². The molecular formula is C19H24FN3O. The van der Waals surface area contributed by atoms with Gasteiger partial charge in [-0.1, -0.05) is 6.07 Å². The third-order valence-corrected chi connectivity index (χ3v) is 5.14. The first-order valence-electron chi connectivity index (χ1n) is 8.64. The van der Waals surface area contributed by atoms with Gasteiger partial charge in [0, 0.05) is 36.8 Å². The lowest BCUT2D eigenvalue weighted by Gasteiger charge is -2.47. The Bertz CT molecular complexity index is 745. The van der Waals surface area contributed by atoms with Gasteiger partial charge in [-0.3, -0.25) is 0 Å². The van der Waals surface area contributed by atoms with Gasteiger partial charge in [-0.25, -0.2) is 9.37 Å². The Balaban J connectivity index is 1.84. The van der Waals surface area contributed by atoms with Gasteiger partial charge in [0.2, 0.25) is 0 Å². The number of rotatable bonds is 3. The number of nitrogens with zero attached hydrogens (tertiary/aromatic N) is 2. The molecule has 128 valence electrons. The molecule has 1 spiro atoms. The number of fused-ring (bicyclic) bond motifs is 1. The lowest BCUT2D eigenvalue weighted by molar-refractivity contribution is -0.0329. The normalized spacial score (nSPS) is 21.9. The van der Waals surface area contributed by atoms with Crippen LogP contribution in [0.5, 0.6) is 5.75 Å². The van der Waals surface area contributed by atoms with Crippen molar-refractivity contribution < 1.29 is 9.13 Å².